The average Bonchev–Trinajstić information content (AvgIpc) is 2.80. The lowest BCUT2D eigenvalue weighted by atomic mass is 10.1. The predicted octanol–water partition coefficient (Wildman–Crippen LogP) is 0.860. The van der Waals surface area contributed by atoms with Gasteiger partial charge in [0.05, 0.1) is 18.2 Å². The molecule has 2 aromatic heterocycles. The van der Waals surface area contributed by atoms with Crippen LogP contribution in [0, 0.1) is 0 Å². The minimum Gasteiger partial charge on any atom is -0.391 e. The fraction of sp³-hybridized carbons (Fsp3) is 0.429. The number of hydrogen-bond donors (Lipinski definition) is 1. The zero-order valence-corrected chi connectivity index (χ0v) is 10.7. The Hall–Kier alpha value is -1.88. The van der Waals surface area contributed by atoms with Crippen molar-refractivity contribution in [2.24, 2.45) is 0 Å². The van der Waals surface area contributed by atoms with Gasteiger partial charge in [0.25, 0.3) is 0 Å². The van der Waals surface area contributed by atoms with Gasteiger partial charge < -0.3 is 14.4 Å². The minimum atomic E-state index is -0.376. The number of likely N-dealkylation sites (tertiary alicyclic amines) is 1. The average molecular weight is 259 g/mol. The first-order chi connectivity index (χ1) is 9.22. The smallest absolute Gasteiger partial charge is 0.228 e. The maximum Gasteiger partial charge on any atom is 0.228 e. The van der Waals surface area contributed by atoms with Crippen molar-refractivity contribution in [3.63, 3.8) is 0 Å². The van der Waals surface area contributed by atoms with Gasteiger partial charge in [-0.15, -0.1) is 0 Å². The van der Waals surface area contributed by atoms with Gasteiger partial charge in [-0.05, 0) is 25.0 Å². The van der Waals surface area contributed by atoms with Crippen molar-refractivity contribution in [1.82, 2.24) is 14.3 Å². The third kappa shape index (κ3) is 2.61. The predicted molar refractivity (Wildman–Crippen MR) is 70.7 cm³/mol. The molecule has 1 N–H and O–H groups in total. The summed E-state index contributed by atoms with van der Waals surface area (Å²) in [7, 11) is 0. The van der Waals surface area contributed by atoms with Crippen LogP contribution in [0.2, 0.25) is 0 Å². The highest BCUT2D eigenvalue weighted by molar-refractivity contribution is 5.78. The van der Waals surface area contributed by atoms with E-state index in [9.17, 15) is 9.90 Å². The minimum absolute atomic E-state index is 0.0437. The normalized spacial score (nSPS) is 19.8. The molecule has 1 unspecified atom stereocenters. The summed E-state index contributed by atoms with van der Waals surface area (Å²) in [5.41, 5.74) is 1.63. The zero-order chi connectivity index (χ0) is 13.2. The molecule has 1 aliphatic rings. The van der Waals surface area contributed by atoms with Crippen molar-refractivity contribution in [3.05, 3.63) is 36.3 Å². The molecule has 19 heavy (non-hydrogen) atoms. The molecule has 0 aromatic carbocycles. The van der Waals surface area contributed by atoms with Crippen molar-refractivity contribution in [1.29, 1.82) is 0 Å². The summed E-state index contributed by atoms with van der Waals surface area (Å²) in [6.07, 6.45) is 5.39. The van der Waals surface area contributed by atoms with E-state index in [1.54, 1.807) is 4.90 Å². The van der Waals surface area contributed by atoms with E-state index in [4.69, 9.17) is 0 Å². The van der Waals surface area contributed by atoms with E-state index < -0.39 is 0 Å². The summed E-state index contributed by atoms with van der Waals surface area (Å²) in [5.74, 6) is 0.0437. The number of aliphatic hydroxyl groups excluding tert-OH is 1. The number of carbonyl (C=O) groups is 1. The van der Waals surface area contributed by atoms with Crippen LogP contribution in [0.3, 0.4) is 0 Å². The lowest BCUT2D eigenvalue weighted by molar-refractivity contribution is -0.133. The molecular weight excluding hydrogens is 242 g/mol. The maximum atomic E-state index is 12.2. The number of aliphatic hydroxyl groups is 1. The van der Waals surface area contributed by atoms with Gasteiger partial charge in [-0.3, -0.25) is 4.79 Å². The van der Waals surface area contributed by atoms with E-state index >= 15 is 0 Å². The first kappa shape index (κ1) is 12.2. The zero-order valence-electron chi connectivity index (χ0n) is 10.7. The Morgan fingerprint density at radius 3 is 3.16 bits per heavy atom. The third-order valence-corrected chi connectivity index (χ3v) is 3.50. The fourth-order valence-corrected chi connectivity index (χ4v) is 2.52. The largest absolute Gasteiger partial charge is 0.391 e. The summed E-state index contributed by atoms with van der Waals surface area (Å²) in [6.45, 7) is 1.19. The second-order valence-corrected chi connectivity index (χ2v) is 5.01. The molecular formula is C14H17N3O2. The molecule has 3 heterocycles. The summed E-state index contributed by atoms with van der Waals surface area (Å²) in [6, 6.07) is 5.77. The van der Waals surface area contributed by atoms with Crippen LogP contribution in [-0.4, -0.2) is 44.5 Å². The third-order valence-electron chi connectivity index (χ3n) is 3.50. The highest BCUT2D eigenvalue weighted by Crippen LogP contribution is 2.12. The number of rotatable bonds is 2. The molecule has 1 atom stereocenters. The van der Waals surface area contributed by atoms with Gasteiger partial charge in [-0.2, -0.15) is 0 Å². The van der Waals surface area contributed by atoms with Crippen LogP contribution < -0.4 is 0 Å². The number of pyridine rings is 1. The maximum absolute atomic E-state index is 12.2. The first-order valence-corrected chi connectivity index (χ1v) is 6.61. The molecule has 1 aliphatic heterocycles. The Kier molecular flexibility index (Phi) is 3.21. The molecule has 5 heteroatoms. The van der Waals surface area contributed by atoms with Crippen LogP contribution in [0.25, 0.3) is 5.65 Å². The highest BCUT2D eigenvalue weighted by Gasteiger charge is 2.22. The fourth-order valence-electron chi connectivity index (χ4n) is 2.52. The Bertz CT molecular complexity index is 560. The van der Waals surface area contributed by atoms with Crippen molar-refractivity contribution < 1.29 is 9.90 Å². The number of amides is 1. The van der Waals surface area contributed by atoms with Crippen LogP contribution in [-0.2, 0) is 11.2 Å². The molecule has 5 nitrogen and oxygen atoms in total. The van der Waals surface area contributed by atoms with Crippen molar-refractivity contribution >= 4 is 11.6 Å². The van der Waals surface area contributed by atoms with E-state index in [1.807, 2.05) is 35.0 Å². The van der Waals surface area contributed by atoms with Gasteiger partial charge >= 0.3 is 0 Å². The Morgan fingerprint density at radius 1 is 1.47 bits per heavy atom. The lowest BCUT2D eigenvalue weighted by Gasteiger charge is -2.29. The summed E-state index contributed by atoms with van der Waals surface area (Å²) in [5, 5.41) is 9.60. The molecule has 0 spiro atoms. The number of imidazole rings is 1. The van der Waals surface area contributed by atoms with Crippen molar-refractivity contribution in [2.45, 2.75) is 25.4 Å². The van der Waals surface area contributed by atoms with Crippen LogP contribution in [0.15, 0.2) is 30.6 Å². The number of carbonyl (C=O) groups excluding carboxylic acids is 1. The van der Waals surface area contributed by atoms with Crippen LogP contribution in [0.1, 0.15) is 18.5 Å². The first-order valence-electron chi connectivity index (χ1n) is 6.61. The summed E-state index contributed by atoms with van der Waals surface area (Å²) in [4.78, 5) is 18.3. The molecule has 0 saturated carbocycles. The molecule has 1 amide bonds. The lowest BCUT2D eigenvalue weighted by Crippen LogP contribution is -2.42. The van der Waals surface area contributed by atoms with Gasteiger partial charge in [0, 0.05) is 25.5 Å². The number of aromatic nitrogens is 2. The Labute approximate surface area is 111 Å². The van der Waals surface area contributed by atoms with Gasteiger partial charge in [0.15, 0.2) is 0 Å². The Morgan fingerprint density at radius 2 is 2.37 bits per heavy atom. The van der Waals surface area contributed by atoms with E-state index in [0.717, 1.165) is 30.7 Å². The number of fused-ring (bicyclic) bond motifs is 1. The molecule has 100 valence electrons. The number of nitrogens with zero attached hydrogens (tertiary/aromatic N) is 3. The van der Waals surface area contributed by atoms with Crippen molar-refractivity contribution in [2.75, 3.05) is 13.1 Å². The summed E-state index contributed by atoms with van der Waals surface area (Å²) < 4.78 is 1.91. The molecule has 0 bridgehead atoms. The van der Waals surface area contributed by atoms with Gasteiger partial charge in [0.1, 0.15) is 5.65 Å². The standard InChI is InChI=1S/C14H17N3O2/c18-12-4-3-7-17(10-12)14(19)8-11-9-16-6-2-1-5-13(16)15-11/h1-2,5-6,9,12,18H,3-4,7-8,10H2. The van der Waals surface area contributed by atoms with Crippen LogP contribution in [0.4, 0.5) is 0 Å². The quantitative estimate of drug-likeness (QED) is 0.870. The molecule has 0 aliphatic carbocycles. The van der Waals surface area contributed by atoms with E-state index in [1.165, 1.54) is 0 Å². The monoisotopic (exact) mass is 259 g/mol. The van der Waals surface area contributed by atoms with Crippen LogP contribution in [0.5, 0.6) is 0 Å². The van der Waals surface area contributed by atoms with E-state index in [0.29, 0.717) is 13.0 Å². The molecule has 1 fully saturated rings. The number of hydrogen-bond acceptors (Lipinski definition) is 3. The highest BCUT2D eigenvalue weighted by atomic mass is 16.3. The number of β-amino-alcohol motifs (C(OH)–C–C–N with tert-alkyl or cyclic N) is 1. The van der Waals surface area contributed by atoms with Crippen LogP contribution >= 0.6 is 0 Å². The van der Waals surface area contributed by atoms with E-state index in [2.05, 4.69) is 4.98 Å². The molecule has 1 saturated heterocycles. The summed E-state index contributed by atoms with van der Waals surface area (Å²) >= 11 is 0. The van der Waals surface area contributed by atoms with Gasteiger partial charge in [0.2, 0.25) is 5.91 Å². The Balaban J connectivity index is 1.71. The molecule has 2 aromatic rings. The number of piperidine rings is 1. The second kappa shape index (κ2) is 5.01. The molecule has 3 rings (SSSR count). The van der Waals surface area contributed by atoms with Crippen molar-refractivity contribution in [3.8, 4) is 0 Å². The van der Waals surface area contributed by atoms with Gasteiger partial charge in [-0.1, -0.05) is 6.07 Å². The topological polar surface area (TPSA) is 57.8 Å². The van der Waals surface area contributed by atoms with Gasteiger partial charge in [-0.25, -0.2) is 4.98 Å². The second-order valence-electron chi connectivity index (χ2n) is 5.01. The molecule has 0 radical (unpaired) electrons. The van der Waals surface area contributed by atoms with E-state index in [-0.39, 0.29) is 12.0 Å². The SMILES string of the molecule is O=C(Cc1cn2ccccc2n1)N1CCCC(O)C1.